The smallest absolute Gasteiger partial charge is 0.314 e. The van der Waals surface area contributed by atoms with Crippen molar-refractivity contribution in [3.8, 4) is 0 Å². The normalized spacial score (nSPS) is 20.2. The summed E-state index contributed by atoms with van der Waals surface area (Å²) >= 11 is 1.35. The number of halogens is 2. The van der Waals surface area contributed by atoms with Gasteiger partial charge in [-0.25, -0.2) is 0 Å². The van der Waals surface area contributed by atoms with Crippen LogP contribution in [-0.2, 0) is 0 Å². The maximum absolute atomic E-state index is 10.8. The Balaban J connectivity index is 0.00000110. The molecule has 5 nitrogen and oxygen atoms in total. The van der Waals surface area contributed by atoms with E-state index in [9.17, 15) is 10.1 Å². The van der Waals surface area contributed by atoms with E-state index in [-0.39, 0.29) is 34.7 Å². The van der Waals surface area contributed by atoms with Crippen molar-refractivity contribution >= 4 is 41.2 Å². The molecule has 1 aromatic heterocycles. The maximum Gasteiger partial charge on any atom is 0.324 e. The minimum atomic E-state index is -0.278. The van der Waals surface area contributed by atoms with Crippen molar-refractivity contribution in [2.24, 2.45) is 5.92 Å². The number of hydrogen-bond donors (Lipinski definition) is 1. The van der Waals surface area contributed by atoms with Crippen molar-refractivity contribution in [2.75, 3.05) is 26.2 Å². The van der Waals surface area contributed by atoms with Crippen LogP contribution in [0.2, 0.25) is 0 Å². The molecule has 120 valence electrons. The summed E-state index contributed by atoms with van der Waals surface area (Å²) in [5.74, 6) is 0.834. The van der Waals surface area contributed by atoms with Gasteiger partial charge in [0.1, 0.15) is 0 Å². The van der Waals surface area contributed by atoms with Crippen molar-refractivity contribution in [1.29, 1.82) is 0 Å². The number of rotatable bonds is 5. The molecule has 2 fully saturated rings. The van der Waals surface area contributed by atoms with Gasteiger partial charge in [0.15, 0.2) is 0 Å². The molecular weight excluding hydrogens is 333 g/mol. The van der Waals surface area contributed by atoms with E-state index < -0.39 is 0 Å². The van der Waals surface area contributed by atoms with Crippen LogP contribution in [0.4, 0.5) is 5.00 Å². The molecule has 1 saturated heterocycles. The molecule has 0 unspecified atom stereocenters. The van der Waals surface area contributed by atoms with Gasteiger partial charge in [0.2, 0.25) is 0 Å². The van der Waals surface area contributed by atoms with Crippen molar-refractivity contribution in [3.05, 3.63) is 27.1 Å². The Bertz CT molecular complexity index is 462. The largest absolute Gasteiger partial charge is 0.324 e. The highest BCUT2D eigenvalue weighted by Crippen LogP contribution is 2.42. The summed E-state index contributed by atoms with van der Waals surface area (Å²) in [6.45, 7) is 4.13. The Labute approximate surface area is 141 Å². The molecule has 0 radical (unpaired) electrons. The molecule has 1 aliphatic heterocycles. The highest BCUT2D eigenvalue weighted by Gasteiger charge is 2.31. The number of nitrogens with one attached hydrogen (secondary N) is 1. The lowest BCUT2D eigenvalue weighted by Crippen LogP contribution is -2.45. The van der Waals surface area contributed by atoms with E-state index in [0.29, 0.717) is 6.04 Å². The van der Waals surface area contributed by atoms with Gasteiger partial charge in [0, 0.05) is 43.2 Å². The van der Waals surface area contributed by atoms with Gasteiger partial charge in [0.25, 0.3) is 0 Å². The average Bonchev–Trinajstić information content (AvgIpc) is 3.11. The third-order valence-corrected chi connectivity index (χ3v) is 5.10. The number of nitro groups is 1. The Morgan fingerprint density at radius 1 is 1.33 bits per heavy atom. The first kappa shape index (κ1) is 18.6. The van der Waals surface area contributed by atoms with Crippen LogP contribution in [0.25, 0.3) is 0 Å². The molecule has 1 aromatic rings. The van der Waals surface area contributed by atoms with Crippen LogP contribution in [0, 0.1) is 16.0 Å². The van der Waals surface area contributed by atoms with E-state index in [4.69, 9.17) is 0 Å². The molecule has 2 aliphatic rings. The predicted octanol–water partition coefficient (Wildman–Crippen LogP) is 3.25. The Hall–Kier alpha value is -0.400. The summed E-state index contributed by atoms with van der Waals surface area (Å²) in [5, 5.41) is 14.5. The predicted molar refractivity (Wildman–Crippen MR) is 90.0 cm³/mol. The maximum atomic E-state index is 10.8. The molecule has 3 rings (SSSR count). The van der Waals surface area contributed by atoms with E-state index in [1.165, 1.54) is 29.1 Å². The first-order chi connectivity index (χ1) is 9.24. The Kier molecular flexibility index (Phi) is 7.36. The van der Waals surface area contributed by atoms with Crippen LogP contribution in [0.5, 0.6) is 0 Å². The fourth-order valence-electron chi connectivity index (χ4n) is 2.73. The number of thiophene rings is 1. The van der Waals surface area contributed by atoms with E-state index >= 15 is 0 Å². The zero-order valence-electron chi connectivity index (χ0n) is 11.7. The highest BCUT2D eigenvalue weighted by molar-refractivity contribution is 7.15. The van der Waals surface area contributed by atoms with Gasteiger partial charge in [-0.2, -0.15) is 0 Å². The zero-order valence-corrected chi connectivity index (χ0v) is 14.1. The Morgan fingerprint density at radius 2 is 2.00 bits per heavy atom. The molecule has 0 amide bonds. The zero-order chi connectivity index (χ0) is 13.2. The lowest BCUT2D eigenvalue weighted by molar-refractivity contribution is -0.380. The minimum absolute atomic E-state index is 0. The lowest BCUT2D eigenvalue weighted by atomic mass is 10.1. The van der Waals surface area contributed by atoms with Crippen LogP contribution in [0.3, 0.4) is 0 Å². The summed E-state index contributed by atoms with van der Waals surface area (Å²) in [6.07, 6.45) is 3.82. The van der Waals surface area contributed by atoms with E-state index in [0.717, 1.165) is 38.5 Å². The molecule has 21 heavy (non-hydrogen) atoms. The molecule has 0 spiro atoms. The molecule has 0 bridgehead atoms. The quantitative estimate of drug-likeness (QED) is 0.651. The fourth-order valence-corrected chi connectivity index (χ4v) is 3.70. The van der Waals surface area contributed by atoms with Gasteiger partial charge in [0.05, 0.1) is 4.92 Å². The molecule has 0 aromatic carbocycles. The second-order valence-electron chi connectivity index (χ2n) is 5.41. The van der Waals surface area contributed by atoms with Crippen molar-refractivity contribution in [1.82, 2.24) is 10.2 Å². The first-order valence-electron chi connectivity index (χ1n) is 6.93. The molecule has 1 saturated carbocycles. The Morgan fingerprint density at radius 3 is 2.52 bits per heavy atom. The summed E-state index contributed by atoms with van der Waals surface area (Å²) in [4.78, 5) is 14.2. The van der Waals surface area contributed by atoms with Crippen LogP contribution in [0.1, 0.15) is 30.2 Å². The number of nitrogens with zero attached hydrogens (tertiary/aromatic N) is 2. The van der Waals surface area contributed by atoms with E-state index in [2.05, 4.69) is 10.2 Å². The van der Waals surface area contributed by atoms with Gasteiger partial charge >= 0.3 is 5.00 Å². The van der Waals surface area contributed by atoms with Gasteiger partial charge in [-0.05, 0) is 18.4 Å². The SMILES string of the molecule is Cl.Cl.O=[N+]([O-])c1ccc([C@H](CC2CC2)N2CCNCC2)s1. The van der Waals surface area contributed by atoms with Gasteiger partial charge < -0.3 is 5.32 Å². The summed E-state index contributed by atoms with van der Waals surface area (Å²) in [5.41, 5.74) is 0. The lowest BCUT2D eigenvalue weighted by Gasteiger charge is -2.34. The topological polar surface area (TPSA) is 58.4 Å². The summed E-state index contributed by atoms with van der Waals surface area (Å²) in [6, 6.07) is 3.99. The van der Waals surface area contributed by atoms with Crippen molar-refractivity contribution in [2.45, 2.75) is 25.3 Å². The minimum Gasteiger partial charge on any atom is -0.314 e. The van der Waals surface area contributed by atoms with Crippen molar-refractivity contribution < 1.29 is 4.92 Å². The molecule has 1 atom stereocenters. The molecule has 8 heteroatoms. The molecule has 1 aliphatic carbocycles. The second-order valence-corrected chi connectivity index (χ2v) is 6.51. The fraction of sp³-hybridized carbons (Fsp3) is 0.692. The van der Waals surface area contributed by atoms with E-state index in [1.807, 2.05) is 6.07 Å². The number of hydrogen-bond acceptors (Lipinski definition) is 5. The highest BCUT2D eigenvalue weighted by atomic mass is 35.5. The van der Waals surface area contributed by atoms with Crippen LogP contribution >= 0.6 is 36.2 Å². The van der Waals surface area contributed by atoms with Crippen molar-refractivity contribution in [3.63, 3.8) is 0 Å². The number of piperazine rings is 1. The van der Waals surface area contributed by atoms with Crippen LogP contribution < -0.4 is 5.32 Å². The third-order valence-electron chi connectivity index (χ3n) is 3.97. The van der Waals surface area contributed by atoms with Gasteiger partial charge in [-0.1, -0.05) is 24.2 Å². The molecular formula is C13H21Cl2N3O2S. The third kappa shape index (κ3) is 4.79. The van der Waals surface area contributed by atoms with E-state index in [1.54, 1.807) is 6.07 Å². The first-order valence-corrected chi connectivity index (χ1v) is 7.74. The van der Waals surface area contributed by atoms with Gasteiger partial charge in [-0.3, -0.25) is 15.0 Å². The average molecular weight is 354 g/mol. The second kappa shape index (κ2) is 8.29. The molecule has 2 heterocycles. The van der Waals surface area contributed by atoms with Gasteiger partial charge in [-0.15, -0.1) is 24.8 Å². The summed E-state index contributed by atoms with van der Waals surface area (Å²) in [7, 11) is 0. The standard InChI is InChI=1S/C13H19N3O2S.2ClH/c17-16(18)13-4-3-12(19-13)11(9-10-1-2-10)15-7-5-14-6-8-15;;/h3-4,10-11,14H,1-2,5-9H2;2*1H/t11-;;/m0../s1. The summed E-state index contributed by atoms with van der Waals surface area (Å²) < 4.78 is 0. The van der Waals surface area contributed by atoms with Crippen LogP contribution in [-0.4, -0.2) is 36.0 Å². The van der Waals surface area contributed by atoms with Crippen LogP contribution in [0.15, 0.2) is 12.1 Å². The molecule has 1 N–H and O–H groups in total. The monoisotopic (exact) mass is 353 g/mol.